The average Bonchev–Trinajstić information content (AvgIpc) is 3.25. The van der Waals surface area contributed by atoms with Crippen LogP contribution in [0.15, 0.2) is 66.1 Å². The minimum atomic E-state index is -0.386. The molecule has 0 spiro atoms. The fourth-order valence-electron chi connectivity index (χ4n) is 2.74. The molecule has 0 bridgehead atoms. The summed E-state index contributed by atoms with van der Waals surface area (Å²) in [5, 5.41) is 3.31. The number of carbonyl (C=O) groups excluding carboxylic acids is 2. The van der Waals surface area contributed by atoms with Crippen LogP contribution in [0, 0.1) is 0 Å². The Morgan fingerprint density at radius 2 is 1.80 bits per heavy atom. The normalized spacial score (nSPS) is 11.6. The standard InChI is InChI=1S/C22H23N3O4S/c1-15(20(26)24-14-16-4-6-17(7-5-16)21(27)29-3)30-22-23-12-13-25(22)18-8-10-19(28-2)11-9-18/h4-13,15H,14H2,1-3H3,(H,24,26). The van der Waals surface area contributed by atoms with Crippen molar-refractivity contribution in [1.29, 1.82) is 0 Å². The van der Waals surface area contributed by atoms with Crippen molar-refractivity contribution < 1.29 is 19.1 Å². The number of thioether (sulfide) groups is 1. The SMILES string of the molecule is COC(=O)c1ccc(CNC(=O)C(C)Sc2nccn2-c2ccc(OC)cc2)cc1. The molecule has 0 fully saturated rings. The zero-order chi connectivity index (χ0) is 21.5. The van der Waals surface area contributed by atoms with Crippen molar-refractivity contribution in [2.45, 2.75) is 23.9 Å². The minimum absolute atomic E-state index is 0.0960. The second-order valence-electron chi connectivity index (χ2n) is 6.44. The number of esters is 1. The lowest BCUT2D eigenvalue weighted by atomic mass is 10.1. The number of methoxy groups -OCH3 is 2. The summed E-state index contributed by atoms with van der Waals surface area (Å²) >= 11 is 1.38. The van der Waals surface area contributed by atoms with Gasteiger partial charge in [0.05, 0.1) is 25.0 Å². The van der Waals surface area contributed by atoms with Crippen molar-refractivity contribution in [2.24, 2.45) is 0 Å². The van der Waals surface area contributed by atoms with Gasteiger partial charge in [-0.2, -0.15) is 0 Å². The van der Waals surface area contributed by atoms with Gasteiger partial charge in [-0.1, -0.05) is 23.9 Å². The predicted molar refractivity (Wildman–Crippen MR) is 115 cm³/mol. The van der Waals surface area contributed by atoms with Gasteiger partial charge < -0.3 is 14.8 Å². The van der Waals surface area contributed by atoms with E-state index in [-0.39, 0.29) is 17.1 Å². The number of amides is 1. The maximum absolute atomic E-state index is 12.5. The highest BCUT2D eigenvalue weighted by Gasteiger charge is 2.18. The molecule has 1 amide bonds. The van der Waals surface area contributed by atoms with Crippen molar-refractivity contribution in [3.63, 3.8) is 0 Å². The van der Waals surface area contributed by atoms with Gasteiger partial charge in [-0.15, -0.1) is 0 Å². The van der Waals surface area contributed by atoms with Crippen LogP contribution in [0.2, 0.25) is 0 Å². The number of hydrogen-bond donors (Lipinski definition) is 1. The lowest BCUT2D eigenvalue weighted by Crippen LogP contribution is -2.30. The summed E-state index contributed by atoms with van der Waals surface area (Å²) in [6.07, 6.45) is 3.57. The molecular formula is C22H23N3O4S. The molecule has 0 saturated heterocycles. The average molecular weight is 426 g/mol. The zero-order valence-electron chi connectivity index (χ0n) is 17.0. The van der Waals surface area contributed by atoms with Crippen LogP contribution >= 0.6 is 11.8 Å². The van der Waals surface area contributed by atoms with E-state index in [0.717, 1.165) is 22.2 Å². The van der Waals surface area contributed by atoms with Gasteiger partial charge in [-0.25, -0.2) is 9.78 Å². The Morgan fingerprint density at radius 1 is 1.10 bits per heavy atom. The Hall–Kier alpha value is -3.26. The largest absolute Gasteiger partial charge is 0.497 e. The molecule has 7 nitrogen and oxygen atoms in total. The molecule has 1 unspecified atom stereocenters. The maximum atomic E-state index is 12.5. The molecule has 2 aromatic carbocycles. The van der Waals surface area contributed by atoms with E-state index in [2.05, 4.69) is 15.0 Å². The number of imidazole rings is 1. The van der Waals surface area contributed by atoms with Crippen molar-refractivity contribution in [1.82, 2.24) is 14.9 Å². The van der Waals surface area contributed by atoms with Crippen molar-refractivity contribution >= 4 is 23.6 Å². The summed E-state index contributed by atoms with van der Waals surface area (Å²) < 4.78 is 11.8. The third-order valence-corrected chi connectivity index (χ3v) is 5.53. The molecule has 1 N–H and O–H groups in total. The molecule has 0 saturated carbocycles. The van der Waals surface area contributed by atoms with E-state index in [1.165, 1.54) is 18.9 Å². The Kier molecular flexibility index (Phi) is 7.13. The number of nitrogens with zero attached hydrogens (tertiary/aromatic N) is 2. The molecule has 1 atom stereocenters. The highest BCUT2D eigenvalue weighted by Crippen LogP contribution is 2.25. The van der Waals surface area contributed by atoms with Crippen LogP contribution in [-0.4, -0.2) is 40.9 Å². The van der Waals surface area contributed by atoms with Gasteiger partial charge in [-0.05, 0) is 48.9 Å². The quantitative estimate of drug-likeness (QED) is 0.440. The van der Waals surface area contributed by atoms with Gasteiger partial charge in [0.2, 0.25) is 5.91 Å². The first-order chi connectivity index (χ1) is 14.5. The van der Waals surface area contributed by atoms with Gasteiger partial charge in [0.1, 0.15) is 5.75 Å². The highest BCUT2D eigenvalue weighted by atomic mass is 32.2. The summed E-state index contributed by atoms with van der Waals surface area (Å²) in [7, 11) is 2.97. The van der Waals surface area contributed by atoms with Gasteiger partial charge in [0.25, 0.3) is 0 Å². The van der Waals surface area contributed by atoms with Crippen LogP contribution in [0.25, 0.3) is 5.69 Å². The zero-order valence-corrected chi connectivity index (χ0v) is 17.8. The predicted octanol–water partition coefficient (Wildman–Crippen LogP) is 3.46. The Morgan fingerprint density at radius 3 is 2.43 bits per heavy atom. The molecule has 1 aromatic heterocycles. The summed E-state index contributed by atoms with van der Waals surface area (Å²) in [5.74, 6) is 0.296. The molecule has 1 heterocycles. The smallest absolute Gasteiger partial charge is 0.337 e. The van der Waals surface area contributed by atoms with Crippen molar-refractivity contribution in [2.75, 3.05) is 14.2 Å². The molecular weight excluding hydrogens is 402 g/mol. The summed E-state index contributed by atoms with van der Waals surface area (Å²) in [6.45, 7) is 2.21. The third-order valence-electron chi connectivity index (χ3n) is 4.45. The van der Waals surface area contributed by atoms with Crippen LogP contribution in [0.1, 0.15) is 22.8 Å². The monoisotopic (exact) mass is 425 g/mol. The summed E-state index contributed by atoms with van der Waals surface area (Å²) in [5.41, 5.74) is 2.31. The first-order valence-electron chi connectivity index (χ1n) is 9.31. The van der Waals surface area contributed by atoms with Crippen LogP contribution in [0.5, 0.6) is 5.75 Å². The van der Waals surface area contributed by atoms with E-state index in [4.69, 9.17) is 4.74 Å². The van der Waals surface area contributed by atoms with E-state index in [9.17, 15) is 9.59 Å². The van der Waals surface area contributed by atoms with Gasteiger partial charge >= 0.3 is 5.97 Å². The lowest BCUT2D eigenvalue weighted by Gasteiger charge is -2.13. The number of aromatic nitrogens is 2. The number of ether oxygens (including phenoxy) is 2. The first kappa shape index (κ1) is 21.4. The van der Waals surface area contributed by atoms with Crippen molar-refractivity contribution in [3.8, 4) is 11.4 Å². The third kappa shape index (κ3) is 5.21. The van der Waals surface area contributed by atoms with Gasteiger partial charge in [-0.3, -0.25) is 9.36 Å². The lowest BCUT2D eigenvalue weighted by molar-refractivity contribution is -0.120. The maximum Gasteiger partial charge on any atom is 0.337 e. The molecule has 156 valence electrons. The number of rotatable bonds is 8. The molecule has 3 aromatic rings. The highest BCUT2D eigenvalue weighted by molar-refractivity contribution is 8.00. The van der Waals surface area contributed by atoms with E-state index in [1.807, 2.05) is 42.0 Å². The topological polar surface area (TPSA) is 82.5 Å². The van der Waals surface area contributed by atoms with E-state index in [1.54, 1.807) is 37.6 Å². The summed E-state index contributed by atoms with van der Waals surface area (Å²) in [4.78, 5) is 28.4. The number of benzene rings is 2. The second-order valence-corrected chi connectivity index (χ2v) is 7.75. The molecule has 8 heteroatoms. The van der Waals surface area contributed by atoms with Crippen molar-refractivity contribution in [3.05, 3.63) is 72.1 Å². The number of carbonyl (C=O) groups is 2. The minimum Gasteiger partial charge on any atom is -0.497 e. The first-order valence-corrected chi connectivity index (χ1v) is 10.2. The molecule has 0 radical (unpaired) electrons. The fraction of sp³-hybridized carbons (Fsp3) is 0.227. The van der Waals surface area contributed by atoms with Crippen LogP contribution < -0.4 is 10.1 Å². The van der Waals surface area contributed by atoms with E-state index < -0.39 is 0 Å². The van der Waals surface area contributed by atoms with E-state index >= 15 is 0 Å². The number of nitrogens with one attached hydrogen (secondary N) is 1. The fourth-order valence-corrected chi connectivity index (χ4v) is 3.65. The molecule has 0 aliphatic rings. The van der Waals surface area contributed by atoms with Gasteiger partial charge in [0, 0.05) is 24.6 Å². The number of hydrogen-bond acceptors (Lipinski definition) is 6. The molecule has 0 aliphatic carbocycles. The van der Waals surface area contributed by atoms with Crippen LogP contribution in [-0.2, 0) is 16.1 Å². The van der Waals surface area contributed by atoms with Crippen LogP contribution in [0.3, 0.4) is 0 Å². The van der Waals surface area contributed by atoms with E-state index in [0.29, 0.717) is 12.1 Å². The Labute approximate surface area is 179 Å². The Bertz CT molecular complexity index is 1000. The Balaban J connectivity index is 1.58. The molecule has 0 aliphatic heterocycles. The van der Waals surface area contributed by atoms with Crippen LogP contribution in [0.4, 0.5) is 0 Å². The van der Waals surface area contributed by atoms with Gasteiger partial charge in [0.15, 0.2) is 5.16 Å². The second kappa shape index (κ2) is 9.98. The summed E-state index contributed by atoms with van der Waals surface area (Å²) in [6, 6.07) is 14.6. The molecule has 30 heavy (non-hydrogen) atoms. The molecule has 3 rings (SSSR count).